The molecule has 0 aliphatic carbocycles. The Labute approximate surface area is 122 Å². The van der Waals surface area contributed by atoms with Gasteiger partial charge < -0.3 is 14.6 Å². The number of carbonyl (C=O) groups excluding carboxylic acids is 1. The lowest BCUT2D eigenvalue weighted by molar-refractivity contribution is -0.160. The maximum atomic E-state index is 13.0. The molecule has 1 rings (SSSR count). The van der Waals surface area contributed by atoms with Crippen molar-refractivity contribution in [3.8, 4) is 5.75 Å². The van der Waals surface area contributed by atoms with Crippen LogP contribution < -0.4 is 4.74 Å². The second-order valence-electron chi connectivity index (χ2n) is 5.59. The number of carboxylic acids is 1. The highest BCUT2D eigenvalue weighted by molar-refractivity contribution is 5.79. The number of carboxylic acid groups (broad SMARTS) is 1. The normalized spacial score (nSPS) is 12.6. The van der Waals surface area contributed by atoms with Gasteiger partial charge in [0.1, 0.15) is 29.7 Å². The van der Waals surface area contributed by atoms with E-state index in [1.165, 1.54) is 18.2 Å². The first-order valence-corrected chi connectivity index (χ1v) is 6.50. The molecule has 6 heteroatoms. The first-order chi connectivity index (χ1) is 9.67. The predicted octanol–water partition coefficient (Wildman–Crippen LogP) is 2.64. The molecule has 0 aromatic heterocycles. The molecular formula is C15H19FO5. The average Bonchev–Trinajstić information content (AvgIpc) is 2.32. The van der Waals surface area contributed by atoms with Crippen molar-refractivity contribution in [2.45, 2.75) is 32.8 Å². The Hall–Kier alpha value is -2.11. The van der Waals surface area contributed by atoms with Gasteiger partial charge in [0.25, 0.3) is 0 Å². The fourth-order valence-corrected chi connectivity index (χ4v) is 1.56. The van der Waals surface area contributed by atoms with Gasteiger partial charge in [-0.25, -0.2) is 4.39 Å². The third-order valence-electron chi connectivity index (χ3n) is 2.43. The Morgan fingerprint density at radius 1 is 1.33 bits per heavy atom. The first kappa shape index (κ1) is 16.9. The van der Waals surface area contributed by atoms with E-state index < -0.39 is 29.3 Å². The molecule has 0 saturated heterocycles. The fourth-order valence-electron chi connectivity index (χ4n) is 1.56. The molecular weight excluding hydrogens is 279 g/mol. The van der Waals surface area contributed by atoms with Crippen molar-refractivity contribution >= 4 is 11.9 Å². The van der Waals surface area contributed by atoms with Gasteiger partial charge in [-0.05, 0) is 32.9 Å². The van der Waals surface area contributed by atoms with Crippen LogP contribution >= 0.6 is 0 Å². The lowest BCUT2D eigenvalue weighted by Gasteiger charge is -2.21. The zero-order valence-corrected chi connectivity index (χ0v) is 12.3. The van der Waals surface area contributed by atoms with E-state index in [9.17, 15) is 14.0 Å². The van der Waals surface area contributed by atoms with Crippen LogP contribution in [0.1, 0.15) is 27.2 Å². The van der Waals surface area contributed by atoms with Crippen LogP contribution in [-0.2, 0) is 14.3 Å². The van der Waals surface area contributed by atoms with Crippen LogP contribution in [0.3, 0.4) is 0 Å². The molecule has 0 aliphatic rings. The highest BCUT2D eigenvalue weighted by Gasteiger charge is 2.25. The van der Waals surface area contributed by atoms with Crippen LogP contribution in [0.15, 0.2) is 24.3 Å². The Morgan fingerprint density at radius 3 is 2.52 bits per heavy atom. The number of hydrogen-bond acceptors (Lipinski definition) is 4. The molecule has 1 atom stereocenters. The van der Waals surface area contributed by atoms with Gasteiger partial charge in [0.15, 0.2) is 0 Å². The molecule has 0 amide bonds. The van der Waals surface area contributed by atoms with Crippen molar-refractivity contribution < 1.29 is 28.6 Å². The summed E-state index contributed by atoms with van der Waals surface area (Å²) in [6.07, 6.45) is -0.304. The van der Waals surface area contributed by atoms with Crippen LogP contribution in [0.5, 0.6) is 5.75 Å². The second-order valence-corrected chi connectivity index (χ2v) is 5.59. The Balaban J connectivity index is 2.58. The third kappa shape index (κ3) is 6.74. The van der Waals surface area contributed by atoms with E-state index in [1.54, 1.807) is 20.8 Å². The lowest BCUT2D eigenvalue weighted by atomic mass is 10.1. The van der Waals surface area contributed by atoms with Crippen LogP contribution in [0.2, 0.25) is 0 Å². The highest BCUT2D eigenvalue weighted by atomic mass is 19.1. The zero-order valence-electron chi connectivity index (χ0n) is 12.3. The minimum atomic E-state index is -1.17. The van der Waals surface area contributed by atoms with Gasteiger partial charge in [0.05, 0.1) is 6.42 Å². The molecule has 116 valence electrons. The predicted molar refractivity (Wildman–Crippen MR) is 73.5 cm³/mol. The van der Waals surface area contributed by atoms with Crippen molar-refractivity contribution in [2.24, 2.45) is 5.92 Å². The molecule has 1 N–H and O–H groups in total. The van der Waals surface area contributed by atoms with Crippen LogP contribution in [0, 0.1) is 11.7 Å². The molecule has 0 fully saturated rings. The van der Waals surface area contributed by atoms with E-state index >= 15 is 0 Å². The minimum Gasteiger partial charge on any atom is -0.493 e. The van der Waals surface area contributed by atoms with E-state index in [0.29, 0.717) is 0 Å². The second kappa shape index (κ2) is 7.06. The number of esters is 1. The summed E-state index contributed by atoms with van der Waals surface area (Å²) >= 11 is 0. The summed E-state index contributed by atoms with van der Waals surface area (Å²) in [5, 5.41) is 9.09. The maximum Gasteiger partial charge on any atom is 0.310 e. The Bertz CT molecular complexity index is 507. The largest absolute Gasteiger partial charge is 0.493 e. The summed E-state index contributed by atoms with van der Waals surface area (Å²) < 4.78 is 23.3. The van der Waals surface area contributed by atoms with E-state index in [2.05, 4.69) is 0 Å². The van der Waals surface area contributed by atoms with Crippen LogP contribution in [-0.4, -0.2) is 29.3 Å². The minimum absolute atomic E-state index is 0.213. The molecule has 0 saturated carbocycles. The molecule has 0 spiro atoms. The van der Waals surface area contributed by atoms with Gasteiger partial charge in [-0.15, -0.1) is 0 Å². The summed E-state index contributed by atoms with van der Waals surface area (Å²) in [6.45, 7) is 4.86. The van der Waals surface area contributed by atoms with Crippen molar-refractivity contribution in [1.29, 1.82) is 0 Å². The van der Waals surface area contributed by atoms with E-state index in [0.717, 1.165) is 6.07 Å². The van der Waals surface area contributed by atoms with Crippen molar-refractivity contribution in [2.75, 3.05) is 6.61 Å². The SMILES string of the molecule is CC(C)(C)OC(=O)C[C@H](COc1cccc(F)c1)C(=O)O. The third-order valence-corrected chi connectivity index (χ3v) is 2.43. The molecule has 0 bridgehead atoms. The summed E-state index contributed by atoms with van der Waals surface area (Å²) in [7, 11) is 0. The number of carbonyl (C=O) groups is 2. The van der Waals surface area contributed by atoms with E-state index in [1.807, 2.05) is 0 Å². The summed E-state index contributed by atoms with van der Waals surface area (Å²) in [5.74, 6) is -3.10. The van der Waals surface area contributed by atoms with Crippen LogP contribution in [0.25, 0.3) is 0 Å². The molecule has 5 nitrogen and oxygen atoms in total. The van der Waals surface area contributed by atoms with Crippen molar-refractivity contribution in [3.63, 3.8) is 0 Å². The number of halogens is 1. The van der Waals surface area contributed by atoms with Crippen molar-refractivity contribution in [1.82, 2.24) is 0 Å². The maximum absolute atomic E-state index is 13.0. The van der Waals surface area contributed by atoms with E-state index in [4.69, 9.17) is 14.6 Å². The van der Waals surface area contributed by atoms with Gasteiger partial charge in [-0.3, -0.25) is 9.59 Å². The quantitative estimate of drug-likeness (QED) is 0.817. The zero-order chi connectivity index (χ0) is 16.0. The van der Waals surface area contributed by atoms with Crippen LogP contribution in [0.4, 0.5) is 4.39 Å². The summed E-state index contributed by atoms with van der Waals surface area (Å²) in [5.41, 5.74) is -0.677. The monoisotopic (exact) mass is 298 g/mol. The van der Waals surface area contributed by atoms with E-state index in [-0.39, 0.29) is 18.8 Å². The number of aliphatic carboxylic acids is 1. The molecule has 1 aromatic rings. The average molecular weight is 298 g/mol. The number of benzene rings is 1. The molecule has 0 heterocycles. The fraction of sp³-hybridized carbons (Fsp3) is 0.467. The molecule has 21 heavy (non-hydrogen) atoms. The smallest absolute Gasteiger partial charge is 0.310 e. The first-order valence-electron chi connectivity index (χ1n) is 6.50. The van der Waals surface area contributed by atoms with Crippen molar-refractivity contribution in [3.05, 3.63) is 30.1 Å². The van der Waals surface area contributed by atoms with Gasteiger partial charge in [0.2, 0.25) is 0 Å². The number of hydrogen-bond donors (Lipinski definition) is 1. The summed E-state index contributed by atoms with van der Waals surface area (Å²) in [6, 6.07) is 5.36. The van der Waals surface area contributed by atoms with Gasteiger partial charge in [-0.1, -0.05) is 6.07 Å². The number of ether oxygens (including phenoxy) is 2. The molecule has 1 aromatic carbocycles. The lowest BCUT2D eigenvalue weighted by Crippen LogP contribution is -2.29. The van der Waals surface area contributed by atoms with Gasteiger partial charge in [0, 0.05) is 6.07 Å². The molecule has 0 radical (unpaired) electrons. The molecule has 0 unspecified atom stereocenters. The van der Waals surface area contributed by atoms with Gasteiger partial charge in [-0.2, -0.15) is 0 Å². The molecule has 0 aliphatic heterocycles. The highest BCUT2D eigenvalue weighted by Crippen LogP contribution is 2.16. The Morgan fingerprint density at radius 2 is 2.00 bits per heavy atom. The summed E-state index contributed by atoms with van der Waals surface area (Å²) in [4.78, 5) is 22.8. The number of rotatable bonds is 6. The van der Waals surface area contributed by atoms with Gasteiger partial charge >= 0.3 is 11.9 Å². The Kier molecular flexibility index (Phi) is 5.69. The standard InChI is InChI=1S/C15H19FO5/c1-15(2,3)21-13(17)7-10(14(18)19)9-20-12-6-4-5-11(16)8-12/h4-6,8,10H,7,9H2,1-3H3,(H,18,19)/t10-/m1/s1. The topological polar surface area (TPSA) is 72.8 Å².